The van der Waals surface area contributed by atoms with E-state index in [0.29, 0.717) is 0 Å². The summed E-state index contributed by atoms with van der Waals surface area (Å²) in [6.07, 6.45) is 0.825. The minimum atomic E-state index is -0.213. The normalized spacial score (nSPS) is 13.0. The average Bonchev–Trinajstić information content (AvgIpc) is 2.08. The van der Waals surface area contributed by atoms with Crippen LogP contribution in [0.5, 0.6) is 0 Å². The number of benzene rings is 1. The average molecular weight is 187 g/mol. The number of rotatable bonds is 2. The van der Waals surface area contributed by atoms with Gasteiger partial charge in [-0.3, -0.25) is 0 Å². The first-order valence-electron chi connectivity index (χ1n) is 4.05. The Bertz CT molecular complexity index is 271. The molecule has 0 aliphatic rings. The fourth-order valence-corrected chi connectivity index (χ4v) is 1.40. The van der Waals surface area contributed by atoms with Crippen LogP contribution in [-0.4, -0.2) is 0 Å². The van der Waals surface area contributed by atoms with Gasteiger partial charge in [-0.15, -0.1) is 11.6 Å². The third-order valence-electron chi connectivity index (χ3n) is 1.94. The Morgan fingerprint density at radius 2 is 2.17 bits per heavy atom. The summed E-state index contributed by atoms with van der Waals surface area (Å²) in [5.41, 5.74) is 1.96. The van der Waals surface area contributed by atoms with Gasteiger partial charge in [-0.1, -0.05) is 13.0 Å². The van der Waals surface area contributed by atoms with Crippen molar-refractivity contribution >= 4 is 11.6 Å². The van der Waals surface area contributed by atoms with Gasteiger partial charge in [0.1, 0.15) is 5.82 Å². The van der Waals surface area contributed by atoms with E-state index < -0.39 is 0 Å². The predicted molar refractivity (Wildman–Crippen MR) is 50.0 cm³/mol. The molecule has 12 heavy (non-hydrogen) atoms. The number of hydrogen-bond donors (Lipinski definition) is 0. The van der Waals surface area contributed by atoms with Crippen LogP contribution in [0.15, 0.2) is 18.2 Å². The molecule has 0 fully saturated rings. The van der Waals surface area contributed by atoms with Crippen molar-refractivity contribution in [3.05, 3.63) is 35.1 Å². The van der Waals surface area contributed by atoms with E-state index in [2.05, 4.69) is 0 Å². The number of hydrogen-bond acceptors (Lipinski definition) is 0. The van der Waals surface area contributed by atoms with E-state index in [4.69, 9.17) is 11.6 Å². The summed E-state index contributed by atoms with van der Waals surface area (Å²) in [6.45, 7) is 3.93. The van der Waals surface area contributed by atoms with Crippen molar-refractivity contribution in [3.8, 4) is 0 Å². The molecule has 0 amide bonds. The highest BCUT2D eigenvalue weighted by Gasteiger charge is 2.08. The summed E-state index contributed by atoms with van der Waals surface area (Å²) >= 11 is 6.00. The molecular weight excluding hydrogens is 175 g/mol. The lowest BCUT2D eigenvalue weighted by molar-refractivity contribution is 0.623. The molecule has 2 heteroatoms. The highest BCUT2D eigenvalue weighted by molar-refractivity contribution is 6.20. The molecule has 0 bridgehead atoms. The zero-order valence-electron chi connectivity index (χ0n) is 7.27. The lowest BCUT2D eigenvalue weighted by Gasteiger charge is -2.09. The summed E-state index contributed by atoms with van der Waals surface area (Å²) in [7, 11) is 0. The fourth-order valence-electron chi connectivity index (χ4n) is 1.17. The maximum absolute atomic E-state index is 12.8. The van der Waals surface area contributed by atoms with E-state index in [1.807, 2.05) is 13.8 Å². The van der Waals surface area contributed by atoms with Crippen LogP contribution in [0, 0.1) is 12.7 Å². The Hall–Kier alpha value is -0.560. The molecule has 0 aliphatic heterocycles. The molecular formula is C10H12ClF. The standard InChI is InChI=1S/C10H12ClF/c1-3-10(11)9-6-8(12)5-4-7(9)2/h4-6,10H,3H2,1-2H3. The lowest BCUT2D eigenvalue weighted by atomic mass is 10.0. The molecule has 66 valence electrons. The highest BCUT2D eigenvalue weighted by atomic mass is 35.5. The Labute approximate surface area is 77.4 Å². The van der Waals surface area contributed by atoms with Gasteiger partial charge in [0.25, 0.3) is 0 Å². The Morgan fingerprint density at radius 1 is 1.50 bits per heavy atom. The van der Waals surface area contributed by atoms with Gasteiger partial charge >= 0.3 is 0 Å². The van der Waals surface area contributed by atoms with Gasteiger partial charge in [0.15, 0.2) is 0 Å². The molecule has 0 nitrogen and oxygen atoms in total. The van der Waals surface area contributed by atoms with Gasteiger partial charge in [0.05, 0.1) is 5.38 Å². The maximum Gasteiger partial charge on any atom is 0.123 e. The second-order valence-electron chi connectivity index (χ2n) is 2.88. The van der Waals surface area contributed by atoms with Gasteiger partial charge < -0.3 is 0 Å². The Morgan fingerprint density at radius 3 is 2.75 bits per heavy atom. The van der Waals surface area contributed by atoms with Crippen molar-refractivity contribution in [1.29, 1.82) is 0 Å². The summed E-state index contributed by atoms with van der Waals surface area (Å²) in [5.74, 6) is -0.213. The van der Waals surface area contributed by atoms with E-state index in [9.17, 15) is 4.39 Å². The first-order chi connectivity index (χ1) is 5.65. The van der Waals surface area contributed by atoms with E-state index in [0.717, 1.165) is 17.5 Å². The van der Waals surface area contributed by atoms with Crippen LogP contribution in [0.3, 0.4) is 0 Å². The monoisotopic (exact) mass is 186 g/mol. The topological polar surface area (TPSA) is 0 Å². The Balaban J connectivity index is 3.04. The third kappa shape index (κ3) is 1.98. The van der Waals surface area contributed by atoms with Crippen molar-refractivity contribution in [2.75, 3.05) is 0 Å². The SMILES string of the molecule is CCC(Cl)c1cc(F)ccc1C. The molecule has 0 saturated carbocycles. The third-order valence-corrected chi connectivity index (χ3v) is 2.48. The van der Waals surface area contributed by atoms with Crippen LogP contribution in [0.25, 0.3) is 0 Å². The van der Waals surface area contributed by atoms with E-state index in [1.165, 1.54) is 12.1 Å². The molecule has 1 rings (SSSR count). The summed E-state index contributed by atoms with van der Waals surface area (Å²) in [4.78, 5) is 0. The molecule has 0 aliphatic carbocycles. The van der Waals surface area contributed by atoms with Crippen LogP contribution < -0.4 is 0 Å². The zero-order valence-corrected chi connectivity index (χ0v) is 8.03. The van der Waals surface area contributed by atoms with Gasteiger partial charge in [-0.25, -0.2) is 4.39 Å². The fraction of sp³-hybridized carbons (Fsp3) is 0.400. The maximum atomic E-state index is 12.8. The molecule has 1 aromatic rings. The van der Waals surface area contributed by atoms with E-state index in [1.54, 1.807) is 6.07 Å². The van der Waals surface area contributed by atoms with Crippen molar-refractivity contribution in [1.82, 2.24) is 0 Å². The number of halogens is 2. The van der Waals surface area contributed by atoms with Gasteiger partial charge in [-0.2, -0.15) is 0 Å². The Kier molecular flexibility index (Phi) is 3.10. The van der Waals surface area contributed by atoms with Crippen LogP contribution >= 0.6 is 11.6 Å². The minimum absolute atomic E-state index is 0.0688. The van der Waals surface area contributed by atoms with E-state index in [-0.39, 0.29) is 11.2 Å². The zero-order chi connectivity index (χ0) is 9.14. The molecule has 0 saturated heterocycles. The first kappa shape index (κ1) is 9.53. The quantitative estimate of drug-likeness (QED) is 0.616. The number of alkyl halides is 1. The van der Waals surface area contributed by atoms with Crippen LogP contribution in [0.4, 0.5) is 4.39 Å². The molecule has 0 radical (unpaired) electrons. The molecule has 1 atom stereocenters. The van der Waals surface area contributed by atoms with Gasteiger partial charge in [0, 0.05) is 0 Å². The summed E-state index contributed by atoms with van der Waals surface area (Å²) in [6, 6.07) is 4.73. The largest absolute Gasteiger partial charge is 0.207 e. The second kappa shape index (κ2) is 3.90. The van der Waals surface area contributed by atoms with Crippen LogP contribution in [0.2, 0.25) is 0 Å². The van der Waals surface area contributed by atoms with Crippen molar-refractivity contribution in [3.63, 3.8) is 0 Å². The van der Waals surface area contributed by atoms with Gasteiger partial charge in [0.2, 0.25) is 0 Å². The molecule has 1 aromatic carbocycles. The summed E-state index contributed by atoms with van der Waals surface area (Å²) in [5, 5.41) is -0.0688. The predicted octanol–water partition coefficient (Wildman–Crippen LogP) is 3.82. The van der Waals surface area contributed by atoms with Crippen molar-refractivity contribution in [2.24, 2.45) is 0 Å². The first-order valence-corrected chi connectivity index (χ1v) is 4.49. The highest BCUT2D eigenvalue weighted by Crippen LogP contribution is 2.26. The lowest BCUT2D eigenvalue weighted by Crippen LogP contribution is -1.93. The molecule has 1 unspecified atom stereocenters. The molecule has 0 heterocycles. The minimum Gasteiger partial charge on any atom is -0.207 e. The summed E-state index contributed by atoms with van der Waals surface area (Å²) < 4.78 is 12.8. The van der Waals surface area contributed by atoms with Crippen LogP contribution in [0.1, 0.15) is 29.8 Å². The molecule has 0 aromatic heterocycles. The van der Waals surface area contributed by atoms with E-state index >= 15 is 0 Å². The van der Waals surface area contributed by atoms with Crippen molar-refractivity contribution < 1.29 is 4.39 Å². The smallest absolute Gasteiger partial charge is 0.123 e. The number of aryl methyl sites for hydroxylation is 1. The second-order valence-corrected chi connectivity index (χ2v) is 3.40. The molecule has 0 N–H and O–H groups in total. The molecule has 0 spiro atoms. The van der Waals surface area contributed by atoms with Gasteiger partial charge in [-0.05, 0) is 36.6 Å². The van der Waals surface area contributed by atoms with Crippen molar-refractivity contribution in [2.45, 2.75) is 25.6 Å². The van der Waals surface area contributed by atoms with Crippen LogP contribution in [-0.2, 0) is 0 Å².